The van der Waals surface area contributed by atoms with E-state index in [-0.39, 0.29) is 11.5 Å². The SMILES string of the molecule is C=CCNc1nc2ncccc2c(NCC=C)c1[N+](=O)[O-]. The van der Waals surface area contributed by atoms with Crippen LogP contribution in [0.5, 0.6) is 0 Å². The van der Waals surface area contributed by atoms with Gasteiger partial charge in [-0.15, -0.1) is 13.2 Å². The number of anilines is 2. The summed E-state index contributed by atoms with van der Waals surface area (Å²) in [6.07, 6.45) is 4.82. The smallest absolute Gasteiger partial charge is 0.334 e. The molecule has 0 aliphatic rings. The van der Waals surface area contributed by atoms with Gasteiger partial charge in [-0.3, -0.25) is 10.1 Å². The maximum atomic E-state index is 11.4. The number of nitrogens with zero attached hydrogens (tertiary/aromatic N) is 3. The molecule has 0 atom stereocenters. The molecule has 2 aromatic rings. The van der Waals surface area contributed by atoms with Gasteiger partial charge in [-0.2, -0.15) is 0 Å². The van der Waals surface area contributed by atoms with Crippen LogP contribution < -0.4 is 10.6 Å². The summed E-state index contributed by atoms with van der Waals surface area (Å²) in [4.78, 5) is 19.3. The van der Waals surface area contributed by atoms with E-state index in [1.165, 1.54) is 0 Å². The van der Waals surface area contributed by atoms with E-state index in [0.717, 1.165) is 0 Å². The van der Waals surface area contributed by atoms with Crippen molar-refractivity contribution in [3.05, 3.63) is 53.8 Å². The minimum absolute atomic E-state index is 0.112. The Bertz CT molecular complexity index is 699. The first kappa shape index (κ1) is 14.4. The first-order chi connectivity index (χ1) is 10.2. The van der Waals surface area contributed by atoms with Crippen LogP contribution in [0.15, 0.2) is 43.6 Å². The van der Waals surface area contributed by atoms with Gasteiger partial charge in [0.25, 0.3) is 0 Å². The third-order valence-electron chi connectivity index (χ3n) is 2.75. The van der Waals surface area contributed by atoms with E-state index in [1.54, 1.807) is 30.5 Å². The van der Waals surface area contributed by atoms with Crippen LogP contribution in [-0.4, -0.2) is 28.0 Å². The summed E-state index contributed by atoms with van der Waals surface area (Å²) in [5.41, 5.74) is 0.699. The fourth-order valence-corrected chi connectivity index (χ4v) is 1.91. The normalized spacial score (nSPS) is 10.1. The van der Waals surface area contributed by atoms with Crippen LogP contribution >= 0.6 is 0 Å². The van der Waals surface area contributed by atoms with Gasteiger partial charge in [0.05, 0.1) is 4.92 Å². The average Bonchev–Trinajstić information content (AvgIpc) is 2.49. The molecule has 2 heterocycles. The Morgan fingerprint density at radius 2 is 2.00 bits per heavy atom. The second kappa shape index (κ2) is 6.47. The Morgan fingerprint density at radius 1 is 1.29 bits per heavy atom. The van der Waals surface area contributed by atoms with Crippen LogP contribution in [0.2, 0.25) is 0 Å². The zero-order valence-electron chi connectivity index (χ0n) is 11.4. The summed E-state index contributed by atoms with van der Waals surface area (Å²) in [6.45, 7) is 7.96. The lowest BCUT2D eigenvalue weighted by atomic mass is 10.2. The first-order valence-electron chi connectivity index (χ1n) is 6.31. The molecule has 0 aliphatic carbocycles. The highest BCUT2D eigenvalue weighted by Gasteiger charge is 2.24. The van der Waals surface area contributed by atoms with Crippen molar-refractivity contribution in [3.63, 3.8) is 0 Å². The second-order valence-electron chi connectivity index (χ2n) is 4.15. The Kier molecular flexibility index (Phi) is 4.45. The average molecular weight is 285 g/mol. The number of hydrogen-bond acceptors (Lipinski definition) is 6. The van der Waals surface area contributed by atoms with Crippen LogP contribution in [-0.2, 0) is 0 Å². The van der Waals surface area contributed by atoms with E-state index in [2.05, 4.69) is 33.8 Å². The molecular weight excluding hydrogens is 270 g/mol. The van der Waals surface area contributed by atoms with Gasteiger partial charge in [0.1, 0.15) is 5.69 Å². The fraction of sp³-hybridized carbons (Fsp3) is 0.143. The number of hydrogen-bond donors (Lipinski definition) is 2. The third kappa shape index (κ3) is 2.97. The molecule has 2 rings (SSSR count). The molecule has 0 spiro atoms. The van der Waals surface area contributed by atoms with Gasteiger partial charge in [-0.1, -0.05) is 12.2 Å². The summed E-state index contributed by atoms with van der Waals surface area (Å²) in [7, 11) is 0. The van der Waals surface area contributed by atoms with Crippen molar-refractivity contribution in [2.45, 2.75) is 0 Å². The second-order valence-corrected chi connectivity index (χ2v) is 4.15. The molecule has 0 bridgehead atoms. The number of pyridine rings is 2. The lowest BCUT2D eigenvalue weighted by molar-refractivity contribution is -0.383. The molecule has 0 fully saturated rings. The maximum absolute atomic E-state index is 11.4. The van der Waals surface area contributed by atoms with Crippen LogP contribution in [0.1, 0.15) is 0 Å². The van der Waals surface area contributed by atoms with Crippen molar-refractivity contribution in [1.29, 1.82) is 0 Å². The standard InChI is InChI=1S/C14H15N5O2/c1-3-7-15-11-10-6-5-9-17-13(10)18-14(16-8-4-2)12(11)19(20)21/h3-6,9H,1-2,7-8H2,(H2,15,16,17,18). The highest BCUT2D eigenvalue weighted by molar-refractivity contribution is 5.97. The Balaban J connectivity index is 2.70. The molecule has 0 saturated carbocycles. The van der Waals surface area contributed by atoms with Gasteiger partial charge in [-0.05, 0) is 12.1 Å². The van der Waals surface area contributed by atoms with Crippen LogP contribution in [0.4, 0.5) is 17.2 Å². The molecule has 0 radical (unpaired) electrons. The van der Waals surface area contributed by atoms with E-state index in [1.807, 2.05) is 0 Å². The molecule has 0 aliphatic heterocycles. The number of fused-ring (bicyclic) bond motifs is 1. The summed E-state index contributed by atoms with van der Waals surface area (Å²) in [5.74, 6) is 0.165. The maximum Gasteiger partial charge on any atom is 0.334 e. The topological polar surface area (TPSA) is 93.0 Å². The van der Waals surface area contributed by atoms with Gasteiger partial charge in [0, 0.05) is 24.7 Å². The number of aromatic nitrogens is 2. The fourth-order valence-electron chi connectivity index (χ4n) is 1.91. The Labute approximate surface area is 121 Å². The summed E-state index contributed by atoms with van der Waals surface area (Å²) < 4.78 is 0. The zero-order valence-corrected chi connectivity index (χ0v) is 11.4. The van der Waals surface area contributed by atoms with Crippen molar-refractivity contribution < 1.29 is 4.92 Å². The molecular formula is C14H15N5O2. The zero-order chi connectivity index (χ0) is 15.2. The summed E-state index contributed by atoms with van der Waals surface area (Å²) in [6, 6.07) is 3.45. The minimum atomic E-state index is -0.462. The number of nitrogens with one attached hydrogen (secondary N) is 2. The summed E-state index contributed by atoms with van der Waals surface area (Å²) >= 11 is 0. The van der Waals surface area contributed by atoms with Gasteiger partial charge in [0.2, 0.25) is 5.82 Å². The van der Waals surface area contributed by atoms with Gasteiger partial charge in [-0.25, -0.2) is 9.97 Å². The predicted molar refractivity (Wildman–Crippen MR) is 83.6 cm³/mol. The van der Waals surface area contributed by atoms with E-state index in [0.29, 0.717) is 29.8 Å². The quantitative estimate of drug-likeness (QED) is 0.461. The minimum Gasteiger partial charge on any atom is -0.375 e. The van der Waals surface area contributed by atoms with E-state index < -0.39 is 4.92 Å². The molecule has 2 N–H and O–H groups in total. The molecule has 0 unspecified atom stereocenters. The molecule has 0 aromatic carbocycles. The van der Waals surface area contributed by atoms with E-state index in [9.17, 15) is 10.1 Å². The van der Waals surface area contributed by atoms with Crippen LogP contribution in [0.3, 0.4) is 0 Å². The van der Waals surface area contributed by atoms with Crippen molar-refractivity contribution in [1.82, 2.24) is 9.97 Å². The number of nitro groups is 1. The lowest BCUT2D eigenvalue weighted by Gasteiger charge is -2.12. The van der Waals surface area contributed by atoms with E-state index in [4.69, 9.17) is 0 Å². The highest BCUT2D eigenvalue weighted by atomic mass is 16.6. The molecule has 108 valence electrons. The Morgan fingerprint density at radius 3 is 2.67 bits per heavy atom. The van der Waals surface area contributed by atoms with Gasteiger partial charge >= 0.3 is 5.69 Å². The van der Waals surface area contributed by atoms with Gasteiger partial charge < -0.3 is 10.6 Å². The molecule has 0 amide bonds. The molecule has 21 heavy (non-hydrogen) atoms. The van der Waals surface area contributed by atoms with Crippen LogP contribution in [0, 0.1) is 10.1 Å². The third-order valence-corrected chi connectivity index (χ3v) is 2.75. The lowest BCUT2D eigenvalue weighted by Crippen LogP contribution is -2.09. The molecule has 7 nitrogen and oxygen atoms in total. The summed E-state index contributed by atoms with van der Waals surface area (Å²) in [5, 5.41) is 17.9. The largest absolute Gasteiger partial charge is 0.375 e. The van der Waals surface area contributed by atoms with Crippen LogP contribution in [0.25, 0.3) is 11.0 Å². The molecule has 2 aromatic heterocycles. The molecule has 7 heteroatoms. The molecule has 0 saturated heterocycles. The first-order valence-corrected chi connectivity index (χ1v) is 6.31. The van der Waals surface area contributed by atoms with Crippen molar-refractivity contribution in [2.24, 2.45) is 0 Å². The highest BCUT2D eigenvalue weighted by Crippen LogP contribution is 2.36. The predicted octanol–water partition coefficient (Wildman–Crippen LogP) is 2.73. The van der Waals surface area contributed by atoms with Crippen molar-refractivity contribution in [3.8, 4) is 0 Å². The van der Waals surface area contributed by atoms with Crippen molar-refractivity contribution in [2.75, 3.05) is 23.7 Å². The van der Waals surface area contributed by atoms with Gasteiger partial charge in [0.15, 0.2) is 5.65 Å². The monoisotopic (exact) mass is 285 g/mol. The Hall–Kier alpha value is -2.96. The van der Waals surface area contributed by atoms with Crippen molar-refractivity contribution >= 4 is 28.2 Å². The number of rotatable bonds is 7. The van der Waals surface area contributed by atoms with E-state index >= 15 is 0 Å².